The van der Waals surface area contributed by atoms with Crippen LogP contribution in [0, 0.1) is 0 Å². The third kappa shape index (κ3) is 4.17. The summed E-state index contributed by atoms with van der Waals surface area (Å²) >= 11 is 0. The van der Waals surface area contributed by atoms with Gasteiger partial charge in [0, 0.05) is 0 Å². The summed E-state index contributed by atoms with van der Waals surface area (Å²) in [7, 11) is -3.36. The Morgan fingerprint density at radius 3 is 1.91 bits per heavy atom. The van der Waals surface area contributed by atoms with Crippen LogP contribution in [0.5, 0.6) is 0 Å². The third-order valence-corrected chi connectivity index (χ3v) is 5.24. The topological polar surface area (TPSA) is 35.5 Å². The second-order valence-corrected chi connectivity index (χ2v) is 6.63. The smallest absolute Gasteiger partial charge is 0.305 e. The van der Waals surface area contributed by atoms with Crippen LogP contribution in [0.4, 0.5) is 0 Å². The van der Waals surface area contributed by atoms with Gasteiger partial charge in [0.15, 0.2) is 0 Å². The van der Waals surface area contributed by atoms with Gasteiger partial charge >= 0.3 is 7.60 Å². The number of rotatable bonds is 7. The molecule has 4 heteroatoms. The lowest BCUT2D eigenvalue weighted by molar-refractivity contribution is 0.231. The van der Waals surface area contributed by atoms with Crippen molar-refractivity contribution in [2.75, 3.05) is 13.2 Å². The molecular weight excluding hydrogens is 295 g/mol. The van der Waals surface area contributed by atoms with Gasteiger partial charge in [-0.15, -0.1) is 0 Å². The number of benzene rings is 2. The van der Waals surface area contributed by atoms with Crippen molar-refractivity contribution in [1.82, 2.24) is 0 Å². The SMILES string of the molecule is CCOP(=O)(OCC)C(=Cc1ccccc1)c1ccccc1. The summed E-state index contributed by atoms with van der Waals surface area (Å²) in [4.78, 5) is 0. The Labute approximate surface area is 132 Å². The lowest BCUT2D eigenvalue weighted by Crippen LogP contribution is -1.99. The van der Waals surface area contributed by atoms with Crippen molar-refractivity contribution in [1.29, 1.82) is 0 Å². The Kier molecular flexibility index (Phi) is 6.14. The van der Waals surface area contributed by atoms with E-state index in [-0.39, 0.29) is 0 Å². The zero-order chi connectivity index (χ0) is 15.8. The molecule has 0 saturated heterocycles. The fourth-order valence-corrected chi connectivity index (χ4v) is 3.96. The highest BCUT2D eigenvalue weighted by molar-refractivity contribution is 7.65. The lowest BCUT2D eigenvalue weighted by Gasteiger charge is -2.20. The van der Waals surface area contributed by atoms with Crippen LogP contribution < -0.4 is 0 Å². The summed E-state index contributed by atoms with van der Waals surface area (Å²) < 4.78 is 24.3. The van der Waals surface area contributed by atoms with Gasteiger partial charge < -0.3 is 9.05 Å². The van der Waals surface area contributed by atoms with Gasteiger partial charge in [-0.3, -0.25) is 4.57 Å². The normalized spacial score (nSPS) is 12.4. The molecule has 0 saturated carbocycles. The summed E-state index contributed by atoms with van der Waals surface area (Å²) in [5.74, 6) is 0. The van der Waals surface area contributed by atoms with Crippen LogP contribution in [0.25, 0.3) is 11.4 Å². The zero-order valence-corrected chi connectivity index (χ0v) is 13.8. The minimum atomic E-state index is -3.36. The standard InChI is InChI=1S/C18H21O3P/c1-3-20-22(19,21-4-2)18(17-13-9-6-10-14-17)15-16-11-7-5-8-12-16/h5-15H,3-4H2,1-2H3. The highest BCUT2D eigenvalue weighted by atomic mass is 31.2. The highest BCUT2D eigenvalue weighted by Crippen LogP contribution is 2.61. The maximum absolute atomic E-state index is 13.2. The van der Waals surface area contributed by atoms with Gasteiger partial charge in [0.25, 0.3) is 0 Å². The van der Waals surface area contributed by atoms with Crippen molar-refractivity contribution >= 4 is 19.0 Å². The van der Waals surface area contributed by atoms with E-state index in [1.807, 2.05) is 80.6 Å². The Bertz CT molecular complexity index is 641. The van der Waals surface area contributed by atoms with E-state index in [0.29, 0.717) is 18.5 Å². The maximum Gasteiger partial charge on any atom is 0.361 e. The number of hydrogen-bond acceptors (Lipinski definition) is 3. The van der Waals surface area contributed by atoms with Crippen LogP contribution in [0.15, 0.2) is 60.7 Å². The van der Waals surface area contributed by atoms with Crippen LogP contribution in [0.1, 0.15) is 25.0 Å². The molecule has 0 radical (unpaired) electrons. The van der Waals surface area contributed by atoms with Gasteiger partial charge in [-0.25, -0.2) is 0 Å². The van der Waals surface area contributed by atoms with Crippen LogP contribution in [0.3, 0.4) is 0 Å². The molecule has 0 aromatic heterocycles. The lowest BCUT2D eigenvalue weighted by atomic mass is 10.1. The molecule has 0 aliphatic carbocycles. The van der Waals surface area contributed by atoms with Crippen molar-refractivity contribution in [3.8, 4) is 0 Å². The minimum Gasteiger partial charge on any atom is -0.305 e. The van der Waals surface area contributed by atoms with E-state index < -0.39 is 7.60 Å². The van der Waals surface area contributed by atoms with Crippen LogP contribution in [-0.4, -0.2) is 13.2 Å². The van der Waals surface area contributed by atoms with Gasteiger partial charge in [-0.1, -0.05) is 60.7 Å². The molecule has 22 heavy (non-hydrogen) atoms. The monoisotopic (exact) mass is 316 g/mol. The average molecular weight is 316 g/mol. The van der Waals surface area contributed by atoms with E-state index in [1.165, 1.54) is 0 Å². The first-order chi connectivity index (χ1) is 10.7. The molecule has 0 atom stereocenters. The van der Waals surface area contributed by atoms with E-state index in [4.69, 9.17) is 9.05 Å². The molecule has 0 amide bonds. The first kappa shape index (κ1) is 16.7. The van der Waals surface area contributed by atoms with E-state index >= 15 is 0 Å². The van der Waals surface area contributed by atoms with E-state index in [2.05, 4.69) is 0 Å². The fourth-order valence-electron chi connectivity index (χ4n) is 2.15. The Hall–Kier alpha value is -1.67. The quantitative estimate of drug-likeness (QED) is 0.503. The van der Waals surface area contributed by atoms with Crippen LogP contribution >= 0.6 is 7.60 Å². The molecule has 0 unspecified atom stereocenters. The summed E-state index contributed by atoms with van der Waals surface area (Å²) in [6, 6.07) is 19.4. The molecule has 2 aromatic carbocycles. The van der Waals surface area contributed by atoms with Crippen LogP contribution in [-0.2, 0) is 13.6 Å². The molecule has 2 aromatic rings. The van der Waals surface area contributed by atoms with Gasteiger partial charge in [0.05, 0.1) is 18.5 Å². The minimum absolute atomic E-state index is 0.330. The first-order valence-electron chi connectivity index (χ1n) is 7.41. The Morgan fingerprint density at radius 1 is 0.909 bits per heavy atom. The summed E-state index contributed by atoms with van der Waals surface area (Å²) in [5, 5.41) is 0.586. The molecule has 0 N–H and O–H groups in total. The number of hydrogen-bond donors (Lipinski definition) is 0. The van der Waals surface area contributed by atoms with Crippen molar-refractivity contribution in [2.45, 2.75) is 13.8 Å². The molecule has 116 valence electrons. The molecule has 0 aliphatic heterocycles. The summed E-state index contributed by atoms with van der Waals surface area (Å²) in [6.07, 6.45) is 1.88. The molecule has 0 bridgehead atoms. The van der Waals surface area contributed by atoms with Crippen molar-refractivity contribution in [3.05, 3.63) is 71.8 Å². The Morgan fingerprint density at radius 2 is 1.41 bits per heavy atom. The predicted molar refractivity (Wildman–Crippen MR) is 91.6 cm³/mol. The van der Waals surface area contributed by atoms with Crippen LogP contribution in [0.2, 0.25) is 0 Å². The van der Waals surface area contributed by atoms with E-state index in [0.717, 1.165) is 11.1 Å². The van der Waals surface area contributed by atoms with Crippen molar-refractivity contribution in [3.63, 3.8) is 0 Å². The second kappa shape index (κ2) is 8.09. The summed E-state index contributed by atoms with van der Waals surface area (Å²) in [5.41, 5.74) is 1.80. The fraction of sp³-hybridized carbons (Fsp3) is 0.222. The molecule has 0 heterocycles. The summed E-state index contributed by atoms with van der Waals surface area (Å²) in [6.45, 7) is 4.29. The zero-order valence-electron chi connectivity index (χ0n) is 12.9. The second-order valence-electron chi connectivity index (χ2n) is 4.64. The maximum atomic E-state index is 13.2. The highest BCUT2D eigenvalue weighted by Gasteiger charge is 2.30. The van der Waals surface area contributed by atoms with E-state index in [9.17, 15) is 4.57 Å². The molecule has 0 spiro atoms. The Balaban J connectivity index is 2.55. The van der Waals surface area contributed by atoms with E-state index in [1.54, 1.807) is 0 Å². The largest absolute Gasteiger partial charge is 0.361 e. The third-order valence-electron chi connectivity index (χ3n) is 3.07. The van der Waals surface area contributed by atoms with Crippen molar-refractivity contribution in [2.24, 2.45) is 0 Å². The van der Waals surface area contributed by atoms with Crippen molar-refractivity contribution < 1.29 is 13.6 Å². The average Bonchev–Trinajstić information content (AvgIpc) is 2.55. The molecule has 3 nitrogen and oxygen atoms in total. The van der Waals surface area contributed by atoms with Gasteiger partial charge in [-0.05, 0) is 31.1 Å². The predicted octanol–water partition coefficient (Wildman–Crippen LogP) is 5.45. The molecule has 0 aliphatic rings. The van der Waals surface area contributed by atoms with Gasteiger partial charge in [-0.2, -0.15) is 0 Å². The first-order valence-corrected chi connectivity index (χ1v) is 8.95. The molecular formula is C18H21O3P. The molecule has 0 fully saturated rings. The van der Waals surface area contributed by atoms with Gasteiger partial charge in [0.1, 0.15) is 0 Å². The molecule has 2 rings (SSSR count). The van der Waals surface area contributed by atoms with Gasteiger partial charge in [0.2, 0.25) is 0 Å².